The van der Waals surface area contributed by atoms with E-state index in [4.69, 9.17) is 9.15 Å². The molecule has 0 aliphatic carbocycles. The molecular weight excluding hydrogens is 352 g/mol. The van der Waals surface area contributed by atoms with Gasteiger partial charge in [0.1, 0.15) is 11.5 Å². The molecule has 1 aromatic carbocycles. The summed E-state index contributed by atoms with van der Waals surface area (Å²) < 4.78 is 38.4. The van der Waals surface area contributed by atoms with Crippen LogP contribution in [0, 0.1) is 0 Å². The van der Waals surface area contributed by atoms with E-state index in [9.17, 15) is 8.42 Å². The van der Waals surface area contributed by atoms with E-state index in [0.29, 0.717) is 13.0 Å². The van der Waals surface area contributed by atoms with Crippen molar-refractivity contribution in [2.75, 3.05) is 32.5 Å². The molecule has 1 aromatic heterocycles. The van der Waals surface area contributed by atoms with Gasteiger partial charge in [0.25, 0.3) is 0 Å². The Bertz CT molecular complexity index is 784. The van der Waals surface area contributed by atoms with Gasteiger partial charge in [-0.3, -0.25) is 4.90 Å². The van der Waals surface area contributed by atoms with Crippen molar-refractivity contribution in [3.8, 4) is 5.75 Å². The molecular formula is C19H26N2O4S. The van der Waals surface area contributed by atoms with Crippen LogP contribution in [0.3, 0.4) is 0 Å². The zero-order valence-corrected chi connectivity index (χ0v) is 15.9. The summed E-state index contributed by atoms with van der Waals surface area (Å²) in [6.07, 6.45) is 4.36. The number of hydrogen-bond donors (Lipinski definition) is 1. The lowest BCUT2D eigenvalue weighted by atomic mass is 10.2. The Morgan fingerprint density at radius 1 is 1.23 bits per heavy atom. The van der Waals surface area contributed by atoms with Gasteiger partial charge in [-0.2, -0.15) is 0 Å². The minimum absolute atomic E-state index is 0.0467. The lowest BCUT2D eigenvalue weighted by Crippen LogP contribution is -2.37. The quantitative estimate of drug-likeness (QED) is 0.726. The number of ether oxygens (including phenoxy) is 1. The summed E-state index contributed by atoms with van der Waals surface area (Å²) in [5, 5.41) is 0. The van der Waals surface area contributed by atoms with E-state index in [-0.39, 0.29) is 11.8 Å². The van der Waals surface area contributed by atoms with Gasteiger partial charge in [-0.05, 0) is 62.2 Å². The average molecular weight is 378 g/mol. The monoisotopic (exact) mass is 378 g/mol. The molecule has 1 fully saturated rings. The lowest BCUT2D eigenvalue weighted by molar-refractivity contribution is 0.216. The second-order valence-electron chi connectivity index (χ2n) is 6.54. The van der Waals surface area contributed by atoms with Gasteiger partial charge in [-0.15, -0.1) is 0 Å². The normalized spacial score (nSPS) is 16.7. The molecule has 2 heterocycles. The number of nitrogens with one attached hydrogen (secondary N) is 1. The van der Waals surface area contributed by atoms with Gasteiger partial charge in [0.15, 0.2) is 0 Å². The van der Waals surface area contributed by atoms with Crippen LogP contribution in [-0.4, -0.2) is 45.8 Å². The lowest BCUT2D eigenvalue weighted by Gasteiger charge is -2.25. The highest BCUT2D eigenvalue weighted by Gasteiger charge is 2.26. The molecule has 26 heavy (non-hydrogen) atoms. The zero-order valence-electron chi connectivity index (χ0n) is 15.1. The second kappa shape index (κ2) is 8.70. The fourth-order valence-corrected chi connectivity index (χ4v) is 4.36. The molecule has 0 radical (unpaired) electrons. The van der Waals surface area contributed by atoms with Crippen molar-refractivity contribution < 1.29 is 17.6 Å². The standard InChI is InChI=1S/C19H26N2O4S/c1-24-17-7-4-6-16(14-17)9-13-26(22,23)20-15-18(19-8-5-12-25-19)21-10-2-3-11-21/h4-8,12,14,18,20H,2-3,9-11,13,15H2,1H3. The first-order valence-electron chi connectivity index (χ1n) is 8.95. The zero-order chi connectivity index (χ0) is 18.4. The van der Waals surface area contributed by atoms with Crippen molar-refractivity contribution in [2.24, 2.45) is 0 Å². The molecule has 0 amide bonds. The molecule has 1 aliphatic heterocycles. The highest BCUT2D eigenvalue weighted by molar-refractivity contribution is 7.89. The Morgan fingerprint density at radius 2 is 2.04 bits per heavy atom. The van der Waals surface area contributed by atoms with E-state index >= 15 is 0 Å². The first kappa shape index (κ1) is 18.9. The van der Waals surface area contributed by atoms with E-state index in [1.165, 1.54) is 0 Å². The van der Waals surface area contributed by atoms with Crippen LogP contribution < -0.4 is 9.46 Å². The van der Waals surface area contributed by atoms with Crippen LogP contribution in [0.15, 0.2) is 47.1 Å². The highest BCUT2D eigenvalue weighted by Crippen LogP contribution is 2.25. The van der Waals surface area contributed by atoms with Crippen molar-refractivity contribution in [2.45, 2.75) is 25.3 Å². The van der Waals surface area contributed by atoms with Crippen LogP contribution in [0.4, 0.5) is 0 Å². The van der Waals surface area contributed by atoms with Gasteiger partial charge in [0, 0.05) is 6.54 Å². The number of hydrogen-bond acceptors (Lipinski definition) is 5. The van der Waals surface area contributed by atoms with E-state index in [2.05, 4.69) is 9.62 Å². The predicted octanol–water partition coefficient (Wildman–Crippen LogP) is 2.59. The maximum Gasteiger partial charge on any atom is 0.211 e. The van der Waals surface area contributed by atoms with Crippen molar-refractivity contribution in [3.63, 3.8) is 0 Å². The van der Waals surface area contributed by atoms with Crippen molar-refractivity contribution in [1.82, 2.24) is 9.62 Å². The fraction of sp³-hybridized carbons (Fsp3) is 0.474. The molecule has 3 rings (SSSR count). The summed E-state index contributed by atoms with van der Waals surface area (Å²) in [7, 11) is -1.77. The number of sulfonamides is 1. The summed E-state index contributed by atoms with van der Waals surface area (Å²) in [6.45, 7) is 2.27. The third-order valence-corrected chi connectivity index (χ3v) is 6.09. The Morgan fingerprint density at radius 3 is 2.73 bits per heavy atom. The van der Waals surface area contributed by atoms with Crippen LogP contribution in [0.25, 0.3) is 0 Å². The number of benzene rings is 1. The summed E-state index contributed by atoms with van der Waals surface area (Å²) >= 11 is 0. The van der Waals surface area contributed by atoms with Crippen LogP contribution in [0.2, 0.25) is 0 Å². The molecule has 0 bridgehead atoms. The third kappa shape index (κ3) is 5.09. The maximum atomic E-state index is 12.5. The van der Waals surface area contributed by atoms with E-state index in [1.807, 2.05) is 36.4 Å². The summed E-state index contributed by atoms with van der Waals surface area (Å²) in [4.78, 5) is 2.28. The topological polar surface area (TPSA) is 71.8 Å². The van der Waals surface area contributed by atoms with Gasteiger partial charge < -0.3 is 9.15 Å². The van der Waals surface area contributed by atoms with Gasteiger partial charge in [-0.25, -0.2) is 13.1 Å². The predicted molar refractivity (Wildman–Crippen MR) is 101 cm³/mol. The van der Waals surface area contributed by atoms with Gasteiger partial charge in [-0.1, -0.05) is 12.1 Å². The largest absolute Gasteiger partial charge is 0.497 e. The molecule has 1 atom stereocenters. The minimum Gasteiger partial charge on any atom is -0.497 e. The molecule has 1 aliphatic rings. The molecule has 6 nitrogen and oxygen atoms in total. The van der Waals surface area contributed by atoms with E-state index in [1.54, 1.807) is 13.4 Å². The third-order valence-electron chi connectivity index (χ3n) is 4.74. The molecule has 0 spiro atoms. The number of nitrogens with zero attached hydrogens (tertiary/aromatic N) is 1. The van der Waals surface area contributed by atoms with Crippen molar-refractivity contribution in [3.05, 3.63) is 54.0 Å². The smallest absolute Gasteiger partial charge is 0.211 e. The molecule has 1 N–H and O–H groups in total. The van der Waals surface area contributed by atoms with Crippen LogP contribution in [0.1, 0.15) is 30.2 Å². The van der Waals surface area contributed by atoms with Crippen LogP contribution in [-0.2, 0) is 16.4 Å². The molecule has 7 heteroatoms. The number of aryl methyl sites for hydroxylation is 1. The SMILES string of the molecule is COc1cccc(CCS(=O)(=O)NCC(c2ccco2)N2CCCC2)c1. The number of methoxy groups -OCH3 is 1. The van der Waals surface area contributed by atoms with Crippen molar-refractivity contribution >= 4 is 10.0 Å². The number of rotatable bonds is 9. The minimum atomic E-state index is -3.37. The first-order valence-corrected chi connectivity index (χ1v) is 10.6. The Hall–Kier alpha value is -1.83. The van der Waals surface area contributed by atoms with Crippen LogP contribution in [0.5, 0.6) is 5.75 Å². The molecule has 1 unspecified atom stereocenters. The average Bonchev–Trinajstić information content (AvgIpc) is 3.35. The first-order chi connectivity index (χ1) is 12.6. The van der Waals surface area contributed by atoms with Gasteiger partial charge in [0.2, 0.25) is 10.0 Å². The fourth-order valence-electron chi connectivity index (χ4n) is 3.30. The van der Waals surface area contributed by atoms with E-state index < -0.39 is 10.0 Å². The second-order valence-corrected chi connectivity index (χ2v) is 8.47. The van der Waals surface area contributed by atoms with Gasteiger partial charge in [0.05, 0.1) is 25.2 Å². The summed E-state index contributed by atoms with van der Waals surface area (Å²) in [5.41, 5.74) is 0.942. The molecule has 142 valence electrons. The molecule has 0 saturated carbocycles. The molecule has 2 aromatic rings. The van der Waals surface area contributed by atoms with Gasteiger partial charge >= 0.3 is 0 Å². The number of furan rings is 1. The summed E-state index contributed by atoms with van der Waals surface area (Å²) in [5.74, 6) is 1.59. The molecule has 1 saturated heterocycles. The maximum absolute atomic E-state index is 12.5. The van der Waals surface area contributed by atoms with Crippen molar-refractivity contribution in [1.29, 1.82) is 0 Å². The number of likely N-dealkylation sites (tertiary alicyclic amines) is 1. The Balaban J connectivity index is 1.58. The Labute approximate surface area is 155 Å². The van der Waals surface area contributed by atoms with Crippen LogP contribution >= 0.6 is 0 Å². The summed E-state index contributed by atoms with van der Waals surface area (Å²) in [6, 6.07) is 11.2. The van der Waals surface area contributed by atoms with E-state index in [0.717, 1.165) is 43.0 Å². The Kier molecular flexibility index (Phi) is 6.34. The highest BCUT2D eigenvalue weighted by atomic mass is 32.2.